The molecule has 0 saturated heterocycles. The highest BCUT2D eigenvalue weighted by Crippen LogP contribution is 1.84. The number of aromatic nitrogens is 5. The van der Waals surface area contributed by atoms with Crippen molar-refractivity contribution in [2.24, 2.45) is 7.05 Å². The normalized spacial score (nSPS) is 10.6. The summed E-state index contributed by atoms with van der Waals surface area (Å²) in [5.74, 6) is 0. The fourth-order valence-electron chi connectivity index (χ4n) is 1.34. The third-order valence-corrected chi connectivity index (χ3v) is 2.30. The van der Waals surface area contributed by atoms with E-state index in [1.165, 1.54) is 30.2 Å². The minimum Gasteiger partial charge on any atom is -0.299 e. The molecule has 0 radical (unpaired) electrons. The van der Waals surface area contributed by atoms with Crippen molar-refractivity contribution in [2.45, 2.75) is 13.1 Å². The molecular weight excluding hydrogens is 210 g/mol. The third kappa shape index (κ3) is 1.92. The lowest BCUT2D eigenvalue weighted by Crippen LogP contribution is -2.37. The molecule has 0 aliphatic heterocycles. The first kappa shape index (κ1) is 10.3. The van der Waals surface area contributed by atoms with E-state index in [1.54, 1.807) is 11.0 Å². The topological polar surface area (TPSA) is 74.7 Å². The van der Waals surface area contributed by atoms with Gasteiger partial charge in [-0.25, -0.2) is 9.78 Å². The van der Waals surface area contributed by atoms with Crippen molar-refractivity contribution in [1.82, 2.24) is 23.9 Å². The highest BCUT2D eigenvalue weighted by Gasteiger charge is 2.01. The van der Waals surface area contributed by atoms with Crippen LogP contribution in [0.4, 0.5) is 0 Å². The van der Waals surface area contributed by atoms with E-state index >= 15 is 0 Å². The minimum absolute atomic E-state index is 0.304. The molecule has 0 aliphatic rings. The van der Waals surface area contributed by atoms with E-state index in [2.05, 4.69) is 10.1 Å². The van der Waals surface area contributed by atoms with Crippen LogP contribution in [0.15, 0.2) is 34.5 Å². The maximum Gasteiger partial charge on any atom is 0.330 e. The minimum atomic E-state index is -0.326. The Morgan fingerprint density at radius 3 is 2.81 bits per heavy atom. The molecule has 0 amide bonds. The van der Waals surface area contributed by atoms with Gasteiger partial charge in [-0.2, -0.15) is 5.10 Å². The van der Waals surface area contributed by atoms with Gasteiger partial charge in [0, 0.05) is 25.9 Å². The molecule has 7 nitrogen and oxygen atoms in total. The van der Waals surface area contributed by atoms with Crippen LogP contribution in [0.3, 0.4) is 0 Å². The zero-order valence-electron chi connectivity index (χ0n) is 8.78. The first-order valence-corrected chi connectivity index (χ1v) is 4.77. The Morgan fingerprint density at radius 2 is 2.12 bits per heavy atom. The average Bonchev–Trinajstić information content (AvgIpc) is 2.78. The fourth-order valence-corrected chi connectivity index (χ4v) is 1.34. The lowest BCUT2D eigenvalue weighted by Gasteiger charge is -2.06. The summed E-state index contributed by atoms with van der Waals surface area (Å²) in [6.07, 6.45) is 4.50. The molecule has 0 bridgehead atoms. The average molecular weight is 221 g/mol. The van der Waals surface area contributed by atoms with Crippen LogP contribution < -0.4 is 11.2 Å². The predicted octanol–water partition coefficient (Wildman–Crippen LogP) is -1.16. The fraction of sp³-hybridized carbons (Fsp3) is 0.333. The predicted molar refractivity (Wildman–Crippen MR) is 56.0 cm³/mol. The third-order valence-electron chi connectivity index (χ3n) is 2.30. The van der Waals surface area contributed by atoms with Gasteiger partial charge in [-0.1, -0.05) is 0 Å². The van der Waals surface area contributed by atoms with E-state index in [1.807, 2.05) is 0 Å². The summed E-state index contributed by atoms with van der Waals surface area (Å²) >= 11 is 0. The molecule has 0 unspecified atom stereocenters. The Kier molecular flexibility index (Phi) is 2.67. The standard InChI is InChI=1S/C9H11N5O2/c1-12-8(15)2-3-13(9(12)16)4-5-14-7-10-6-11-14/h2-3,6-7H,4-5H2,1H3. The van der Waals surface area contributed by atoms with Crippen molar-refractivity contribution in [1.29, 1.82) is 0 Å². The van der Waals surface area contributed by atoms with Crippen molar-refractivity contribution < 1.29 is 0 Å². The number of aryl methyl sites for hydroxylation is 2. The Bertz CT molecular complexity index is 581. The second-order valence-corrected chi connectivity index (χ2v) is 3.35. The van der Waals surface area contributed by atoms with Gasteiger partial charge in [0.15, 0.2) is 0 Å². The summed E-state index contributed by atoms with van der Waals surface area (Å²) in [6, 6.07) is 1.36. The van der Waals surface area contributed by atoms with Crippen LogP contribution >= 0.6 is 0 Å². The Balaban J connectivity index is 2.20. The summed E-state index contributed by atoms with van der Waals surface area (Å²) in [5.41, 5.74) is -0.630. The highest BCUT2D eigenvalue weighted by molar-refractivity contribution is 4.85. The van der Waals surface area contributed by atoms with Gasteiger partial charge in [0.25, 0.3) is 5.56 Å². The SMILES string of the molecule is Cn1c(=O)ccn(CCn2cncn2)c1=O. The van der Waals surface area contributed by atoms with Gasteiger partial charge < -0.3 is 0 Å². The van der Waals surface area contributed by atoms with Gasteiger partial charge in [0.05, 0.1) is 6.54 Å². The van der Waals surface area contributed by atoms with E-state index in [0.717, 1.165) is 4.57 Å². The largest absolute Gasteiger partial charge is 0.330 e. The Labute approximate surface area is 90.6 Å². The van der Waals surface area contributed by atoms with Gasteiger partial charge in [-0.3, -0.25) is 18.6 Å². The molecule has 0 N–H and O–H groups in total. The van der Waals surface area contributed by atoms with Crippen molar-refractivity contribution in [3.8, 4) is 0 Å². The first-order chi connectivity index (χ1) is 7.68. The molecule has 2 rings (SSSR count). The summed E-state index contributed by atoms with van der Waals surface area (Å²) < 4.78 is 4.15. The van der Waals surface area contributed by atoms with E-state index in [0.29, 0.717) is 13.1 Å². The van der Waals surface area contributed by atoms with Crippen LogP contribution in [0.25, 0.3) is 0 Å². The quantitative estimate of drug-likeness (QED) is 0.655. The molecule has 7 heteroatoms. The summed E-state index contributed by atoms with van der Waals surface area (Å²) in [4.78, 5) is 26.6. The molecule has 2 aromatic heterocycles. The molecule has 84 valence electrons. The maximum absolute atomic E-state index is 11.6. The first-order valence-electron chi connectivity index (χ1n) is 4.77. The van der Waals surface area contributed by atoms with Crippen molar-refractivity contribution >= 4 is 0 Å². The zero-order chi connectivity index (χ0) is 11.5. The van der Waals surface area contributed by atoms with Crippen LogP contribution in [-0.4, -0.2) is 23.9 Å². The highest BCUT2D eigenvalue weighted by atomic mass is 16.2. The summed E-state index contributed by atoms with van der Waals surface area (Å²) in [5, 5.41) is 3.92. The summed E-state index contributed by atoms with van der Waals surface area (Å²) in [7, 11) is 1.45. The van der Waals surface area contributed by atoms with E-state index in [-0.39, 0.29) is 11.2 Å². The molecule has 0 atom stereocenters. The molecule has 0 aliphatic carbocycles. The smallest absolute Gasteiger partial charge is 0.299 e. The molecular formula is C9H11N5O2. The van der Waals surface area contributed by atoms with Crippen LogP contribution in [0.1, 0.15) is 0 Å². The van der Waals surface area contributed by atoms with Gasteiger partial charge in [-0.15, -0.1) is 0 Å². The van der Waals surface area contributed by atoms with Crippen LogP contribution in [0.5, 0.6) is 0 Å². The number of rotatable bonds is 3. The molecule has 0 saturated carbocycles. The van der Waals surface area contributed by atoms with Crippen LogP contribution in [0.2, 0.25) is 0 Å². The molecule has 2 heterocycles. The number of hydrogen-bond acceptors (Lipinski definition) is 4. The van der Waals surface area contributed by atoms with E-state index < -0.39 is 0 Å². The second-order valence-electron chi connectivity index (χ2n) is 3.35. The van der Waals surface area contributed by atoms with Gasteiger partial charge in [-0.05, 0) is 0 Å². The maximum atomic E-state index is 11.6. The monoisotopic (exact) mass is 221 g/mol. The Hall–Kier alpha value is -2.18. The zero-order valence-corrected chi connectivity index (χ0v) is 8.78. The van der Waals surface area contributed by atoms with Gasteiger partial charge >= 0.3 is 5.69 Å². The van der Waals surface area contributed by atoms with Crippen molar-refractivity contribution in [3.05, 3.63) is 45.8 Å². The van der Waals surface area contributed by atoms with Gasteiger partial charge in [0.2, 0.25) is 0 Å². The molecule has 0 aromatic carbocycles. The van der Waals surface area contributed by atoms with Crippen molar-refractivity contribution in [3.63, 3.8) is 0 Å². The number of hydrogen-bond donors (Lipinski definition) is 0. The van der Waals surface area contributed by atoms with Crippen LogP contribution in [0, 0.1) is 0 Å². The lowest BCUT2D eigenvalue weighted by molar-refractivity contribution is 0.502. The lowest BCUT2D eigenvalue weighted by atomic mass is 10.5. The van der Waals surface area contributed by atoms with Crippen LogP contribution in [-0.2, 0) is 20.1 Å². The number of nitrogens with zero attached hydrogens (tertiary/aromatic N) is 5. The van der Waals surface area contributed by atoms with E-state index in [4.69, 9.17) is 0 Å². The van der Waals surface area contributed by atoms with E-state index in [9.17, 15) is 9.59 Å². The molecule has 16 heavy (non-hydrogen) atoms. The molecule has 0 spiro atoms. The van der Waals surface area contributed by atoms with Gasteiger partial charge in [0.1, 0.15) is 12.7 Å². The second kappa shape index (κ2) is 4.13. The molecule has 0 fully saturated rings. The molecule has 2 aromatic rings. The van der Waals surface area contributed by atoms with Crippen molar-refractivity contribution in [2.75, 3.05) is 0 Å². The summed E-state index contributed by atoms with van der Waals surface area (Å²) in [6.45, 7) is 0.994. The Morgan fingerprint density at radius 1 is 1.31 bits per heavy atom.